The van der Waals surface area contributed by atoms with Crippen LogP contribution in [0.4, 0.5) is 0 Å². The van der Waals surface area contributed by atoms with E-state index in [1.54, 1.807) is 18.2 Å². The van der Waals surface area contributed by atoms with Gasteiger partial charge in [-0.2, -0.15) is 4.08 Å². The third-order valence-corrected chi connectivity index (χ3v) is 4.44. The fourth-order valence-electron chi connectivity index (χ4n) is 1.85. The second-order valence-corrected chi connectivity index (χ2v) is 6.69. The van der Waals surface area contributed by atoms with E-state index in [-0.39, 0.29) is 12.6 Å². The number of fused-ring (bicyclic) bond motifs is 1. The molecule has 1 aromatic heterocycles. The second-order valence-electron chi connectivity index (χ2n) is 4.55. The van der Waals surface area contributed by atoms with Crippen LogP contribution in [0.2, 0.25) is 0 Å². The minimum atomic E-state index is -3.87. The van der Waals surface area contributed by atoms with Crippen molar-refractivity contribution in [2.45, 2.75) is 18.6 Å². The SMILES string of the molecule is NC(Cc1nc2cc(CP(=O)(O)OCl)ccc2[nH]1)C(=O)O. The molecule has 1 aromatic carbocycles. The number of benzene rings is 1. The maximum absolute atomic E-state index is 11.4. The van der Waals surface area contributed by atoms with Crippen LogP contribution in [0, 0.1) is 0 Å². The molecule has 0 aliphatic rings. The van der Waals surface area contributed by atoms with Crippen molar-refractivity contribution in [2.75, 3.05) is 0 Å². The molecule has 21 heavy (non-hydrogen) atoms. The number of aromatic nitrogens is 2. The van der Waals surface area contributed by atoms with Gasteiger partial charge in [-0.25, -0.2) is 4.98 Å². The topological polar surface area (TPSA) is 139 Å². The van der Waals surface area contributed by atoms with Crippen molar-refractivity contribution < 1.29 is 23.4 Å². The van der Waals surface area contributed by atoms with E-state index < -0.39 is 19.6 Å². The van der Waals surface area contributed by atoms with Gasteiger partial charge in [0.05, 0.1) is 29.1 Å². The number of halogens is 1. The first-order valence-corrected chi connectivity index (χ1v) is 7.96. The van der Waals surface area contributed by atoms with Gasteiger partial charge in [0.1, 0.15) is 11.9 Å². The highest BCUT2D eigenvalue weighted by Crippen LogP contribution is 2.47. The predicted octanol–water partition coefficient (Wildman–Crippen LogP) is 1.37. The number of aliphatic carboxylic acids is 1. The van der Waals surface area contributed by atoms with E-state index in [1.807, 2.05) is 0 Å². The summed E-state index contributed by atoms with van der Waals surface area (Å²) in [6.07, 6.45) is -0.189. The van der Waals surface area contributed by atoms with Gasteiger partial charge in [0.2, 0.25) is 0 Å². The lowest BCUT2D eigenvalue weighted by Crippen LogP contribution is -2.32. The largest absolute Gasteiger partial charge is 0.480 e. The zero-order chi connectivity index (χ0) is 15.6. The van der Waals surface area contributed by atoms with Crippen LogP contribution in [0.5, 0.6) is 0 Å². The predicted molar refractivity (Wildman–Crippen MR) is 75.9 cm³/mol. The molecule has 10 heteroatoms. The number of hydrogen-bond acceptors (Lipinski definition) is 5. The Hall–Kier alpha value is -1.44. The average Bonchev–Trinajstić information content (AvgIpc) is 2.79. The maximum atomic E-state index is 11.4. The van der Waals surface area contributed by atoms with Crippen LogP contribution < -0.4 is 5.73 Å². The normalized spacial score (nSPS) is 15.8. The Morgan fingerprint density at radius 1 is 1.57 bits per heavy atom. The van der Waals surface area contributed by atoms with Crippen molar-refractivity contribution in [1.82, 2.24) is 9.97 Å². The van der Waals surface area contributed by atoms with Crippen LogP contribution in [0.3, 0.4) is 0 Å². The first kappa shape index (κ1) is 15.9. The van der Waals surface area contributed by atoms with E-state index in [9.17, 15) is 14.3 Å². The Morgan fingerprint density at radius 3 is 2.90 bits per heavy atom. The number of carboxylic acid groups (broad SMARTS) is 1. The number of nitrogens with two attached hydrogens (primary N) is 1. The third-order valence-electron chi connectivity index (χ3n) is 2.82. The number of aromatic amines is 1. The van der Waals surface area contributed by atoms with E-state index in [0.29, 0.717) is 22.4 Å². The average molecular weight is 334 g/mol. The van der Waals surface area contributed by atoms with E-state index in [1.165, 1.54) is 0 Å². The number of imidazole rings is 1. The summed E-state index contributed by atoms with van der Waals surface area (Å²) in [5.41, 5.74) is 7.17. The Kier molecular flexibility index (Phi) is 4.65. The van der Waals surface area contributed by atoms with Crippen LogP contribution in [-0.4, -0.2) is 32.0 Å². The lowest BCUT2D eigenvalue weighted by molar-refractivity contribution is -0.138. The summed E-state index contributed by atoms with van der Waals surface area (Å²) >= 11 is 4.95. The monoisotopic (exact) mass is 333 g/mol. The zero-order valence-corrected chi connectivity index (χ0v) is 12.3. The van der Waals surface area contributed by atoms with Gasteiger partial charge in [0, 0.05) is 6.42 Å². The number of nitrogens with zero attached hydrogens (tertiary/aromatic N) is 1. The highest BCUT2D eigenvalue weighted by molar-refractivity contribution is 7.52. The smallest absolute Gasteiger partial charge is 0.348 e. The Bertz CT molecular complexity index is 719. The Labute approximate surface area is 124 Å². The minimum absolute atomic E-state index is 0.0582. The van der Waals surface area contributed by atoms with Crippen LogP contribution >= 0.6 is 19.5 Å². The lowest BCUT2D eigenvalue weighted by atomic mass is 10.2. The fourth-order valence-corrected chi connectivity index (χ4v) is 2.70. The lowest BCUT2D eigenvalue weighted by Gasteiger charge is -2.05. The van der Waals surface area contributed by atoms with Gasteiger partial charge in [-0.15, -0.1) is 0 Å². The molecule has 5 N–H and O–H groups in total. The van der Waals surface area contributed by atoms with Gasteiger partial charge in [0.25, 0.3) is 0 Å². The number of rotatable bonds is 6. The van der Waals surface area contributed by atoms with E-state index in [2.05, 4.69) is 14.0 Å². The number of carbonyl (C=O) groups is 1. The quantitative estimate of drug-likeness (QED) is 0.585. The summed E-state index contributed by atoms with van der Waals surface area (Å²) in [6, 6.07) is 3.84. The first-order valence-electron chi connectivity index (χ1n) is 5.89. The summed E-state index contributed by atoms with van der Waals surface area (Å²) in [5.74, 6) is -0.686. The molecule has 2 atom stereocenters. The maximum Gasteiger partial charge on any atom is 0.348 e. The molecule has 0 aliphatic carbocycles. The number of carboxylic acids is 1. The van der Waals surface area contributed by atoms with Gasteiger partial charge in [-0.05, 0) is 17.7 Å². The molecule has 0 saturated heterocycles. The molecule has 1 heterocycles. The molecule has 0 fully saturated rings. The van der Waals surface area contributed by atoms with Crippen LogP contribution in [0.15, 0.2) is 18.2 Å². The van der Waals surface area contributed by atoms with E-state index in [4.69, 9.17) is 22.7 Å². The van der Waals surface area contributed by atoms with Gasteiger partial charge in [0.15, 0.2) is 0 Å². The molecular weight excluding hydrogens is 321 g/mol. The van der Waals surface area contributed by atoms with Gasteiger partial charge in [-0.3, -0.25) is 9.36 Å². The molecule has 0 bridgehead atoms. The molecule has 2 unspecified atom stereocenters. The molecular formula is C11H13ClN3O5P. The van der Waals surface area contributed by atoms with Crippen LogP contribution in [-0.2, 0) is 26.0 Å². The first-order chi connectivity index (χ1) is 9.80. The van der Waals surface area contributed by atoms with Crippen molar-refractivity contribution >= 4 is 36.5 Å². The van der Waals surface area contributed by atoms with Crippen molar-refractivity contribution in [3.8, 4) is 0 Å². The van der Waals surface area contributed by atoms with Crippen molar-refractivity contribution in [3.05, 3.63) is 29.6 Å². The van der Waals surface area contributed by atoms with Crippen LogP contribution in [0.25, 0.3) is 11.0 Å². The Balaban J connectivity index is 2.24. The van der Waals surface area contributed by atoms with Crippen molar-refractivity contribution in [3.63, 3.8) is 0 Å². The van der Waals surface area contributed by atoms with Gasteiger partial charge >= 0.3 is 13.6 Å². The van der Waals surface area contributed by atoms with Crippen LogP contribution in [0.1, 0.15) is 11.4 Å². The molecule has 2 rings (SSSR count). The van der Waals surface area contributed by atoms with Crippen molar-refractivity contribution in [1.29, 1.82) is 0 Å². The molecule has 2 aromatic rings. The number of nitrogens with one attached hydrogen (secondary N) is 1. The molecule has 8 nitrogen and oxygen atoms in total. The highest BCUT2D eigenvalue weighted by Gasteiger charge is 2.20. The van der Waals surface area contributed by atoms with E-state index >= 15 is 0 Å². The minimum Gasteiger partial charge on any atom is -0.480 e. The molecule has 0 amide bonds. The Morgan fingerprint density at radius 2 is 2.29 bits per heavy atom. The number of hydrogen-bond donors (Lipinski definition) is 4. The summed E-state index contributed by atoms with van der Waals surface area (Å²) in [5, 5.41) is 8.77. The fraction of sp³-hybridized carbons (Fsp3) is 0.273. The van der Waals surface area contributed by atoms with Gasteiger partial charge in [-0.1, -0.05) is 6.07 Å². The molecule has 0 aliphatic heterocycles. The summed E-state index contributed by atoms with van der Waals surface area (Å²) < 4.78 is 15.4. The van der Waals surface area contributed by atoms with E-state index in [0.717, 1.165) is 0 Å². The highest BCUT2D eigenvalue weighted by atomic mass is 35.5. The standard InChI is InChI=1S/C11H13ClN3O5P/c12-20-21(18,19)5-6-1-2-8-9(3-6)15-10(14-8)4-7(13)11(16)17/h1-3,7H,4-5,13H2,(H,14,15)(H,16,17)(H,18,19). The molecule has 0 radical (unpaired) electrons. The number of H-pyrrole nitrogens is 1. The third kappa shape index (κ3) is 4.03. The molecule has 0 saturated carbocycles. The zero-order valence-electron chi connectivity index (χ0n) is 10.7. The summed E-state index contributed by atoms with van der Waals surface area (Å²) in [6.45, 7) is 0. The van der Waals surface area contributed by atoms with Gasteiger partial charge < -0.3 is 20.7 Å². The van der Waals surface area contributed by atoms with Crippen molar-refractivity contribution in [2.24, 2.45) is 5.73 Å². The molecule has 114 valence electrons. The second kappa shape index (κ2) is 6.13. The summed E-state index contributed by atoms with van der Waals surface area (Å²) in [7, 11) is -3.87. The summed E-state index contributed by atoms with van der Waals surface area (Å²) in [4.78, 5) is 27.2. The molecule has 0 spiro atoms.